The molecular weight excluding hydrogens is 1810 g/mol. The van der Waals surface area contributed by atoms with E-state index in [1.54, 1.807) is 66.7 Å². The van der Waals surface area contributed by atoms with E-state index in [4.69, 9.17) is 28.4 Å². The summed E-state index contributed by atoms with van der Waals surface area (Å²) in [5.41, 5.74) is 13.1. The van der Waals surface area contributed by atoms with Crippen LogP contribution in [0.3, 0.4) is 0 Å². The normalized spacial score (nSPS) is 15.6. The first-order valence-corrected chi connectivity index (χ1v) is 46.2. The summed E-state index contributed by atoms with van der Waals surface area (Å²) in [6.45, 7) is 21.4. The molecule has 1 unspecified atom stereocenters. The first-order chi connectivity index (χ1) is 65.7. The number of ether oxygens (including phenoxy) is 6. The Morgan fingerprint density at radius 2 is 0.935 bits per heavy atom. The molecule has 5 atom stereocenters. The third-order valence-corrected chi connectivity index (χ3v) is 27.3. The third kappa shape index (κ3) is 21.3. The number of morpholine rings is 2. The maximum Gasteiger partial charge on any atom is 0.261 e. The van der Waals surface area contributed by atoms with Crippen molar-refractivity contribution in [1.82, 2.24) is 44.7 Å². The summed E-state index contributed by atoms with van der Waals surface area (Å²) in [4.78, 5) is 125. The van der Waals surface area contributed by atoms with E-state index in [9.17, 15) is 51.6 Å². The molecule has 36 heteroatoms. The number of ketones is 3. The summed E-state index contributed by atoms with van der Waals surface area (Å²) in [7, 11) is 2.24. The van der Waals surface area contributed by atoms with Gasteiger partial charge in [-0.3, -0.25) is 47.9 Å². The largest absolute Gasteiger partial charge is 0.496 e. The Labute approximate surface area is 792 Å². The quantitative estimate of drug-likeness (QED) is 0.0366. The molecule has 29 nitrogen and oxygen atoms in total. The predicted molar refractivity (Wildman–Crippen MR) is 503 cm³/mol. The minimum atomic E-state index is -4.28. The number of aryl methyl sites for hydroxylation is 4. The lowest BCUT2D eigenvalue weighted by Gasteiger charge is -2.35. The predicted octanol–water partition coefficient (Wildman–Crippen LogP) is 13.1. The van der Waals surface area contributed by atoms with Crippen LogP contribution in [-0.2, 0) is 121 Å². The van der Waals surface area contributed by atoms with Gasteiger partial charge in [-0.05, 0) is 231 Å². The van der Waals surface area contributed by atoms with Crippen molar-refractivity contribution < 1.29 is 96.7 Å². The van der Waals surface area contributed by atoms with Gasteiger partial charge >= 0.3 is 0 Å². The molecule has 11 aromatic rings. The number of hydrogen-bond acceptors (Lipinski definition) is 21. The average Bonchev–Trinajstić information content (AvgIpc) is 1.52. The second-order valence-electron chi connectivity index (χ2n) is 34.9. The number of nitrogens with zero attached hydrogens (tertiary/aromatic N) is 8. The highest BCUT2D eigenvalue weighted by atomic mass is 32.2. The number of amides is 4. The SMILES string of the molecule is CC(=O)[C@H](Cc1ccc(-c2c(C)c(C)cn(C)c2=O)c2c1COC2)NC(=O)c1c(F)cc(N2CCOC[C@@H]2C)cc1F.CC(=O)[C@H](Cc1ccc(-c2c(C)cc(C)n(C)c2=O)c2c1COC2)NC(=O)c1c(F)cc(N2CCOC[C@@H]2C)cc1F.COc1cccc(OC)c1-c1ccc(CC(NC(=O)c2c(F)cc(NS(=O)(=O)c3ccc(-n4cncn4)cc3)cc2F)C(C)=O)c2c1CN(C(C)=O)CC2. The smallest absolute Gasteiger partial charge is 0.261 e. The number of sulfonamides is 1. The van der Waals surface area contributed by atoms with Crippen LogP contribution in [0, 0.1) is 62.6 Å². The van der Waals surface area contributed by atoms with Crippen molar-refractivity contribution in [3.8, 4) is 50.6 Å². The van der Waals surface area contributed by atoms with Crippen LogP contribution < -0.4 is 51.1 Å². The van der Waals surface area contributed by atoms with Gasteiger partial charge in [-0.15, -0.1) is 0 Å². The number of aromatic nitrogens is 5. The number of fused-ring (bicyclic) bond motifs is 3. The number of halogens is 6. The number of anilines is 3. The summed E-state index contributed by atoms with van der Waals surface area (Å²) in [6, 6.07) is 26.4. The maximum absolute atomic E-state index is 15.4. The molecule has 4 N–H and O–H groups in total. The fourth-order valence-corrected chi connectivity index (χ4v) is 19.3. The summed E-state index contributed by atoms with van der Waals surface area (Å²) >= 11 is 0. The number of carbonyl (C=O) groups is 7. The monoisotopic (exact) mass is 1920 g/mol. The fraction of sp³-hybridized carbons (Fsp3) is 0.343. The second-order valence-corrected chi connectivity index (χ2v) is 36.6. The van der Waals surface area contributed by atoms with Crippen LogP contribution in [-0.4, -0.2) is 169 Å². The maximum atomic E-state index is 15.4. The van der Waals surface area contributed by atoms with Crippen LogP contribution in [0.15, 0.2) is 155 Å². The van der Waals surface area contributed by atoms with Gasteiger partial charge in [0, 0.05) is 102 Å². The number of nitrogens with one attached hydrogen (secondary N) is 4. The Morgan fingerprint density at radius 3 is 1.36 bits per heavy atom. The number of carbonyl (C=O) groups excluding carboxylic acids is 7. The Balaban J connectivity index is 0.000000167. The van der Waals surface area contributed by atoms with E-state index in [1.807, 2.05) is 93.8 Å². The van der Waals surface area contributed by atoms with Gasteiger partial charge in [0.2, 0.25) is 5.91 Å². The molecule has 16 rings (SSSR count). The van der Waals surface area contributed by atoms with Gasteiger partial charge in [0.1, 0.15) is 75.7 Å². The summed E-state index contributed by atoms with van der Waals surface area (Å²) in [5, 5.41) is 11.5. The molecule has 0 saturated carbocycles. The Kier molecular flexibility index (Phi) is 30.7. The number of hydrogen-bond donors (Lipinski definition) is 4. The molecule has 138 heavy (non-hydrogen) atoms. The molecule has 0 radical (unpaired) electrons. The molecule has 5 aliphatic heterocycles. The van der Waals surface area contributed by atoms with Gasteiger partial charge < -0.3 is 68.2 Å². The molecule has 2 saturated heterocycles. The van der Waals surface area contributed by atoms with Crippen LogP contribution >= 0.6 is 0 Å². The molecule has 0 bridgehead atoms. The lowest BCUT2D eigenvalue weighted by atomic mass is 9.85. The molecule has 8 aromatic carbocycles. The first kappa shape index (κ1) is 100. The molecule has 2 fully saturated rings. The van der Waals surface area contributed by atoms with E-state index in [2.05, 4.69) is 30.8 Å². The number of pyridine rings is 2. The van der Waals surface area contributed by atoms with Crippen molar-refractivity contribution in [3.05, 3.63) is 285 Å². The molecule has 0 spiro atoms. The number of benzene rings is 8. The number of Topliss-reactive ketones (excluding diaryl/α,β-unsaturated/α-hetero) is 3. The van der Waals surface area contributed by atoms with E-state index in [-0.39, 0.29) is 84.6 Å². The third-order valence-electron chi connectivity index (χ3n) is 25.9. The number of methoxy groups -OCH3 is 2. The molecule has 724 valence electrons. The molecule has 0 aliphatic carbocycles. The van der Waals surface area contributed by atoms with Crippen LogP contribution in [0.25, 0.3) is 39.1 Å². The van der Waals surface area contributed by atoms with Crippen LogP contribution in [0.2, 0.25) is 0 Å². The van der Waals surface area contributed by atoms with Crippen LogP contribution in [0.1, 0.15) is 145 Å². The minimum Gasteiger partial charge on any atom is -0.496 e. The van der Waals surface area contributed by atoms with Crippen LogP contribution in [0.5, 0.6) is 11.5 Å². The van der Waals surface area contributed by atoms with Gasteiger partial charge in [-0.2, -0.15) is 5.10 Å². The molecular formula is C102H106F6N12O17S. The summed E-state index contributed by atoms with van der Waals surface area (Å²) < 4.78 is 158. The molecule has 8 heterocycles. The average molecular weight is 1920 g/mol. The standard InChI is InChI=1S/C38H36F2N6O7S.2C32H35F2N3O5/c1-22(47)33(16-24-8-13-29(30-19-45(23(2)48)15-14-28(24)30)36-34(52-3)6-5-7-35(36)53-4)43-38(49)37-31(39)17-25(18-32(37)40)44-54(50,51)27-11-9-26(10-12-27)46-21-41-20-42-46;1-17-13-36(5)32(40)29(19(17)3)23-7-6-21(24-15-42-16-25(23)24)10-28(20(4)38)35-31(39)30-26(33)11-22(12-27(30)34)37-8-9-41-14-18(37)2;1-17-10-18(2)36(5)32(40)29(17)23-7-6-21(24-15-42-16-25(23)24)11-28(20(4)38)35-31(39)30-26(33)12-22(13-27(30)34)37-8-9-41-14-19(37)3/h5-13,17-18,20-21,33,44H,14-16,19H2,1-4H3,(H,43,49);6-7,11-13,18,28H,8-10,14-16H2,1-5H3,(H,35,39);6-7,10,12-13,19,28H,8-9,11,14-16H2,1-5H3,(H,35,39)/t;18-,28-;19-,28-/m.00/s1. The van der Waals surface area contributed by atoms with E-state index in [0.717, 1.165) is 108 Å². The second kappa shape index (κ2) is 42.4. The van der Waals surface area contributed by atoms with Gasteiger partial charge in [0.25, 0.3) is 38.9 Å². The zero-order valence-electron chi connectivity index (χ0n) is 78.7. The molecule has 4 amide bonds. The Morgan fingerprint density at radius 1 is 0.500 bits per heavy atom. The van der Waals surface area contributed by atoms with E-state index >= 15 is 26.3 Å². The zero-order chi connectivity index (χ0) is 99.3. The lowest BCUT2D eigenvalue weighted by molar-refractivity contribution is -0.129. The highest BCUT2D eigenvalue weighted by Gasteiger charge is 2.36. The Bertz CT molecular complexity index is 6800. The fourth-order valence-electron chi connectivity index (χ4n) is 18.2. The molecule has 3 aromatic heterocycles. The molecule has 5 aliphatic rings. The summed E-state index contributed by atoms with van der Waals surface area (Å²) in [5.74, 6) is -10.1. The van der Waals surface area contributed by atoms with Gasteiger partial charge in [-0.1, -0.05) is 42.5 Å². The van der Waals surface area contributed by atoms with Crippen molar-refractivity contribution >= 4 is 68.1 Å². The first-order valence-electron chi connectivity index (χ1n) is 44.7. The van der Waals surface area contributed by atoms with E-state index < -0.39 is 109 Å². The lowest BCUT2D eigenvalue weighted by Crippen LogP contribution is -2.44. The topological polar surface area (TPSA) is 342 Å². The van der Waals surface area contributed by atoms with Gasteiger partial charge in [-0.25, -0.2) is 44.4 Å². The zero-order valence-corrected chi connectivity index (χ0v) is 79.5. The van der Waals surface area contributed by atoms with Crippen molar-refractivity contribution in [2.24, 2.45) is 14.1 Å². The Hall–Kier alpha value is -13.9. The van der Waals surface area contributed by atoms with Crippen molar-refractivity contribution in [2.75, 3.05) is 74.8 Å². The number of rotatable bonds is 26. The minimum absolute atomic E-state index is 0.0103. The van der Waals surface area contributed by atoms with Gasteiger partial charge in [0.05, 0.1) is 118 Å². The highest BCUT2D eigenvalue weighted by Crippen LogP contribution is 2.45. The van der Waals surface area contributed by atoms with Crippen LogP contribution in [0.4, 0.5) is 43.4 Å². The summed E-state index contributed by atoms with van der Waals surface area (Å²) in [6.07, 6.45) is 5.19. The van der Waals surface area contributed by atoms with E-state index in [0.29, 0.717) is 129 Å². The van der Waals surface area contributed by atoms with Gasteiger partial charge in [0.15, 0.2) is 17.3 Å². The van der Waals surface area contributed by atoms with Crippen molar-refractivity contribution in [3.63, 3.8) is 0 Å². The van der Waals surface area contributed by atoms with E-state index in [1.165, 1.54) is 69.3 Å². The van der Waals surface area contributed by atoms with Crippen molar-refractivity contribution in [1.29, 1.82) is 0 Å². The highest BCUT2D eigenvalue weighted by molar-refractivity contribution is 7.92. The van der Waals surface area contributed by atoms with Crippen molar-refractivity contribution in [2.45, 2.75) is 163 Å².